The van der Waals surface area contributed by atoms with Crippen LogP contribution in [0.25, 0.3) is 0 Å². The molecular formula is C23H23FN4O3. The van der Waals surface area contributed by atoms with Crippen LogP contribution < -0.4 is 10.1 Å². The van der Waals surface area contributed by atoms with Crippen LogP contribution in [0.5, 0.6) is 5.75 Å². The van der Waals surface area contributed by atoms with E-state index in [-0.39, 0.29) is 24.4 Å². The van der Waals surface area contributed by atoms with Gasteiger partial charge in [-0.25, -0.2) is 9.37 Å². The molecule has 1 fully saturated rings. The van der Waals surface area contributed by atoms with Crippen molar-refractivity contribution in [2.24, 2.45) is 0 Å². The van der Waals surface area contributed by atoms with Crippen LogP contribution in [0.2, 0.25) is 0 Å². The summed E-state index contributed by atoms with van der Waals surface area (Å²) in [4.78, 5) is 23.2. The van der Waals surface area contributed by atoms with Gasteiger partial charge in [0.25, 0.3) is 5.91 Å². The van der Waals surface area contributed by atoms with Crippen molar-refractivity contribution in [2.45, 2.75) is 13.0 Å². The average molecular weight is 422 g/mol. The number of benzene rings is 1. The summed E-state index contributed by atoms with van der Waals surface area (Å²) < 4.78 is 24.4. The van der Waals surface area contributed by atoms with Crippen molar-refractivity contribution in [1.29, 1.82) is 0 Å². The van der Waals surface area contributed by atoms with E-state index in [9.17, 15) is 9.18 Å². The zero-order valence-corrected chi connectivity index (χ0v) is 17.1. The van der Waals surface area contributed by atoms with E-state index < -0.39 is 0 Å². The third-order valence-corrected chi connectivity index (χ3v) is 4.84. The molecule has 3 heterocycles. The molecule has 0 saturated carbocycles. The van der Waals surface area contributed by atoms with Crippen LogP contribution in [0.1, 0.15) is 17.5 Å². The minimum absolute atomic E-state index is 0.119. The number of amides is 1. The molecule has 1 aliphatic heterocycles. The van der Waals surface area contributed by atoms with Gasteiger partial charge in [-0.15, -0.1) is 0 Å². The second-order valence-electron chi connectivity index (χ2n) is 7.20. The van der Waals surface area contributed by atoms with E-state index in [1.807, 2.05) is 37.3 Å². The van der Waals surface area contributed by atoms with Gasteiger partial charge in [-0.3, -0.25) is 9.78 Å². The molecule has 1 amide bonds. The molecule has 1 saturated heterocycles. The largest absolute Gasteiger partial charge is 0.484 e. The molecule has 1 aromatic carbocycles. The first-order valence-electron chi connectivity index (χ1n) is 10.0. The van der Waals surface area contributed by atoms with E-state index in [1.165, 1.54) is 24.3 Å². The number of carbonyl (C=O) groups is 1. The van der Waals surface area contributed by atoms with Crippen molar-refractivity contribution in [3.05, 3.63) is 78.0 Å². The first kappa shape index (κ1) is 20.7. The lowest BCUT2D eigenvalue weighted by Crippen LogP contribution is -2.44. The number of halogens is 1. The molecule has 1 aliphatic rings. The van der Waals surface area contributed by atoms with Crippen molar-refractivity contribution >= 4 is 17.4 Å². The molecule has 0 radical (unpaired) electrons. The van der Waals surface area contributed by atoms with Crippen LogP contribution >= 0.6 is 0 Å². The third-order valence-electron chi connectivity index (χ3n) is 4.84. The van der Waals surface area contributed by atoms with E-state index in [2.05, 4.69) is 15.3 Å². The monoisotopic (exact) mass is 422 g/mol. The maximum Gasteiger partial charge on any atom is 0.260 e. The van der Waals surface area contributed by atoms with Gasteiger partial charge in [0.15, 0.2) is 6.61 Å². The molecule has 160 valence electrons. The maximum atomic E-state index is 13.0. The van der Waals surface area contributed by atoms with E-state index in [4.69, 9.17) is 9.47 Å². The van der Waals surface area contributed by atoms with Crippen LogP contribution in [0.3, 0.4) is 0 Å². The summed E-state index contributed by atoms with van der Waals surface area (Å²) in [6.07, 6.45) is 1.38. The SMILES string of the molecule is Cc1cc(Nc2ccccn2)cc([C@@H]2CN(C(=O)COc3ccc(F)cc3)CCO2)n1. The van der Waals surface area contributed by atoms with E-state index >= 15 is 0 Å². The summed E-state index contributed by atoms with van der Waals surface area (Å²) >= 11 is 0. The Morgan fingerprint density at radius 2 is 2.10 bits per heavy atom. The van der Waals surface area contributed by atoms with Gasteiger partial charge in [-0.05, 0) is 55.5 Å². The molecule has 8 heteroatoms. The number of pyridine rings is 2. The second kappa shape index (κ2) is 9.53. The molecule has 0 spiro atoms. The summed E-state index contributed by atoms with van der Waals surface area (Å²) in [5.74, 6) is 0.679. The zero-order chi connectivity index (χ0) is 21.6. The lowest BCUT2D eigenvalue weighted by Gasteiger charge is -2.33. The fourth-order valence-electron chi connectivity index (χ4n) is 3.34. The van der Waals surface area contributed by atoms with Gasteiger partial charge in [-0.2, -0.15) is 0 Å². The van der Waals surface area contributed by atoms with Gasteiger partial charge in [0.05, 0.1) is 18.8 Å². The van der Waals surface area contributed by atoms with Crippen molar-refractivity contribution in [3.8, 4) is 5.75 Å². The first-order valence-corrected chi connectivity index (χ1v) is 10.0. The molecule has 31 heavy (non-hydrogen) atoms. The Hall–Kier alpha value is -3.52. The average Bonchev–Trinajstić information content (AvgIpc) is 2.79. The van der Waals surface area contributed by atoms with Crippen LogP contribution in [-0.4, -0.2) is 47.1 Å². The molecule has 3 aromatic rings. The Morgan fingerprint density at radius 1 is 1.26 bits per heavy atom. The number of nitrogens with zero attached hydrogens (tertiary/aromatic N) is 3. The molecule has 0 bridgehead atoms. The van der Waals surface area contributed by atoms with E-state index in [0.29, 0.717) is 25.4 Å². The molecule has 7 nitrogen and oxygen atoms in total. The normalized spacial score (nSPS) is 16.1. The molecule has 4 rings (SSSR count). The third kappa shape index (κ3) is 5.55. The summed E-state index contributed by atoms with van der Waals surface area (Å²) in [5, 5.41) is 3.27. The fraction of sp³-hybridized carbons (Fsp3) is 0.261. The Morgan fingerprint density at radius 3 is 2.87 bits per heavy atom. The summed E-state index contributed by atoms with van der Waals surface area (Å²) in [6, 6.07) is 15.1. The highest BCUT2D eigenvalue weighted by Crippen LogP contribution is 2.25. The smallest absolute Gasteiger partial charge is 0.260 e. The molecular weight excluding hydrogens is 399 g/mol. The van der Waals surface area contributed by atoms with Gasteiger partial charge >= 0.3 is 0 Å². The maximum absolute atomic E-state index is 13.0. The fourth-order valence-corrected chi connectivity index (χ4v) is 3.34. The first-order chi connectivity index (χ1) is 15.1. The number of ether oxygens (including phenoxy) is 2. The Kier molecular flexibility index (Phi) is 6.37. The summed E-state index contributed by atoms with van der Waals surface area (Å²) in [5.41, 5.74) is 2.44. The minimum atomic E-state index is -0.350. The van der Waals surface area contributed by atoms with Crippen LogP contribution in [0, 0.1) is 12.7 Å². The standard InChI is InChI=1S/C23H23FN4O3/c1-16-12-18(27-22-4-2-3-9-25-22)13-20(26-16)21-14-28(10-11-30-21)23(29)15-31-19-7-5-17(24)6-8-19/h2-9,12-13,21H,10-11,14-15H2,1H3,(H,25,26,27)/t21-/m0/s1. The van der Waals surface area contributed by atoms with Crippen LogP contribution in [0.15, 0.2) is 60.8 Å². The zero-order valence-electron chi connectivity index (χ0n) is 17.1. The quantitative estimate of drug-likeness (QED) is 0.654. The highest BCUT2D eigenvalue weighted by molar-refractivity contribution is 5.78. The second-order valence-corrected chi connectivity index (χ2v) is 7.20. The number of morpholine rings is 1. The number of carbonyl (C=O) groups excluding carboxylic acids is 1. The number of rotatable bonds is 6. The predicted molar refractivity (Wildman–Crippen MR) is 114 cm³/mol. The highest BCUT2D eigenvalue weighted by atomic mass is 19.1. The summed E-state index contributed by atoms with van der Waals surface area (Å²) in [7, 11) is 0. The Labute approximate surface area is 179 Å². The molecule has 2 aromatic heterocycles. The number of aromatic nitrogens is 2. The Balaban J connectivity index is 1.40. The van der Waals surface area contributed by atoms with Crippen LogP contribution in [-0.2, 0) is 9.53 Å². The Bertz CT molecular complexity index is 1030. The van der Waals surface area contributed by atoms with Crippen molar-refractivity contribution in [1.82, 2.24) is 14.9 Å². The van der Waals surface area contributed by atoms with Gasteiger partial charge in [0.1, 0.15) is 23.5 Å². The predicted octanol–water partition coefficient (Wildman–Crippen LogP) is 3.65. The number of aryl methyl sites for hydroxylation is 1. The van der Waals surface area contributed by atoms with Crippen LogP contribution in [0.4, 0.5) is 15.9 Å². The van der Waals surface area contributed by atoms with Gasteiger partial charge in [0, 0.05) is 24.1 Å². The topological polar surface area (TPSA) is 76.6 Å². The van der Waals surface area contributed by atoms with Gasteiger partial charge in [-0.1, -0.05) is 6.07 Å². The highest BCUT2D eigenvalue weighted by Gasteiger charge is 2.27. The number of anilines is 2. The molecule has 1 atom stereocenters. The van der Waals surface area contributed by atoms with Crippen molar-refractivity contribution in [3.63, 3.8) is 0 Å². The number of nitrogens with one attached hydrogen (secondary N) is 1. The summed E-state index contributed by atoms with van der Waals surface area (Å²) in [6.45, 7) is 3.06. The lowest BCUT2D eigenvalue weighted by molar-refractivity contribution is -0.141. The van der Waals surface area contributed by atoms with Gasteiger partial charge < -0.3 is 19.7 Å². The molecule has 0 unspecified atom stereocenters. The molecule has 0 aliphatic carbocycles. The van der Waals surface area contributed by atoms with Crippen molar-refractivity contribution in [2.75, 3.05) is 31.6 Å². The van der Waals surface area contributed by atoms with E-state index in [0.717, 1.165) is 22.9 Å². The number of hydrogen-bond acceptors (Lipinski definition) is 6. The van der Waals surface area contributed by atoms with Gasteiger partial charge in [0.2, 0.25) is 0 Å². The van der Waals surface area contributed by atoms with Crippen molar-refractivity contribution < 1.29 is 18.7 Å². The lowest BCUT2D eigenvalue weighted by atomic mass is 10.1. The van der Waals surface area contributed by atoms with E-state index in [1.54, 1.807) is 11.1 Å². The molecule has 1 N–H and O–H groups in total. The number of hydrogen-bond donors (Lipinski definition) is 1. The minimum Gasteiger partial charge on any atom is -0.484 e.